The van der Waals surface area contributed by atoms with E-state index in [1.807, 2.05) is 0 Å². The molecule has 1 atom stereocenters. The summed E-state index contributed by atoms with van der Waals surface area (Å²) in [5, 5.41) is 0. The zero-order chi connectivity index (χ0) is 52.9. The Morgan fingerprint density at radius 2 is 0.548 bits per heavy atom. The van der Waals surface area contributed by atoms with Crippen LogP contribution in [0, 0.1) is 0 Å². The summed E-state index contributed by atoms with van der Waals surface area (Å²) in [6, 6.07) is 0. The molecule has 0 saturated heterocycles. The monoisotopic (exact) mass is 1020 g/mol. The summed E-state index contributed by atoms with van der Waals surface area (Å²) in [5.74, 6) is -0.894. The quantitative estimate of drug-likeness (QED) is 0.0261. The Morgan fingerprint density at radius 3 is 0.890 bits per heavy atom. The van der Waals surface area contributed by atoms with E-state index < -0.39 is 6.10 Å². The highest BCUT2D eigenvalue weighted by Crippen LogP contribution is 2.16. The number of esters is 3. The van der Waals surface area contributed by atoms with Crippen molar-refractivity contribution in [2.45, 2.75) is 309 Å². The molecule has 0 rings (SSSR count). The van der Waals surface area contributed by atoms with Crippen molar-refractivity contribution >= 4 is 17.9 Å². The van der Waals surface area contributed by atoms with E-state index in [-0.39, 0.29) is 31.1 Å². The molecule has 0 aromatic rings. The first kappa shape index (κ1) is 69.6. The fraction of sp³-hybridized carbons (Fsp3) is 0.746. The van der Waals surface area contributed by atoms with E-state index in [2.05, 4.69) is 106 Å². The molecule has 420 valence electrons. The van der Waals surface area contributed by atoms with Gasteiger partial charge in [0.1, 0.15) is 13.2 Å². The highest BCUT2D eigenvalue weighted by Gasteiger charge is 2.19. The van der Waals surface area contributed by atoms with Gasteiger partial charge in [-0.25, -0.2) is 0 Å². The van der Waals surface area contributed by atoms with Gasteiger partial charge in [-0.3, -0.25) is 14.4 Å². The second-order valence-electron chi connectivity index (χ2n) is 20.6. The molecule has 0 aliphatic carbocycles. The highest BCUT2D eigenvalue weighted by molar-refractivity contribution is 5.71. The van der Waals surface area contributed by atoms with E-state index in [0.717, 1.165) is 103 Å². The maximum Gasteiger partial charge on any atom is 0.306 e. The van der Waals surface area contributed by atoms with Crippen LogP contribution in [-0.2, 0) is 28.6 Å². The van der Waals surface area contributed by atoms with Crippen LogP contribution in [0.2, 0.25) is 0 Å². The van der Waals surface area contributed by atoms with Gasteiger partial charge in [-0.05, 0) is 109 Å². The molecular formula is C67H116O6. The second-order valence-corrected chi connectivity index (χ2v) is 20.6. The number of allylic oxidation sites excluding steroid dienone is 14. The number of rotatable bonds is 56. The zero-order valence-corrected chi connectivity index (χ0v) is 48.1. The van der Waals surface area contributed by atoms with Crippen molar-refractivity contribution in [3.8, 4) is 0 Å². The number of carbonyl (C=O) groups excluding carboxylic acids is 3. The van der Waals surface area contributed by atoms with Gasteiger partial charge in [-0.2, -0.15) is 0 Å². The molecule has 0 saturated carbocycles. The predicted octanol–water partition coefficient (Wildman–Crippen LogP) is 21.1. The van der Waals surface area contributed by atoms with Crippen molar-refractivity contribution in [1.82, 2.24) is 0 Å². The summed E-state index contributed by atoms with van der Waals surface area (Å²) in [6.07, 6.45) is 80.1. The summed E-state index contributed by atoms with van der Waals surface area (Å²) in [5.41, 5.74) is 0. The first-order valence-electron chi connectivity index (χ1n) is 31.1. The van der Waals surface area contributed by atoms with Crippen molar-refractivity contribution in [1.29, 1.82) is 0 Å². The SMILES string of the molecule is CC/C=C\C/C=C\C/C=C\C/C=C\CCCCCCCCCCC(=O)OC(COC(=O)CCCCCCC/C=C\CCCC)COC(=O)CCCCCCCCCCCCC/C=C\C/C=C\CCCCCCC. The zero-order valence-electron chi connectivity index (χ0n) is 48.1. The third-order valence-corrected chi connectivity index (χ3v) is 13.4. The van der Waals surface area contributed by atoms with Gasteiger partial charge in [-0.1, -0.05) is 260 Å². The van der Waals surface area contributed by atoms with Gasteiger partial charge in [-0.15, -0.1) is 0 Å². The van der Waals surface area contributed by atoms with Crippen LogP contribution in [0.15, 0.2) is 85.1 Å². The molecule has 0 aromatic carbocycles. The fourth-order valence-electron chi connectivity index (χ4n) is 8.68. The molecule has 1 unspecified atom stereocenters. The minimum atomic E-state index is -0.786. The summed E-state index contributed by atoms with van der Waals surface area (Å²) in [7, 11) is 0. The first-order chi connectivity index (χ1) is 36.0. The molecule has 0 spiro atoms. The Bertz CT molecular complexity index is 1400. The lowest BCUT2D eigenvalue weighted by molar-refractivity contribution is -0.167. The average molecular weight is 1020 g/mol. The van der Waals surface area contributed by atoms with Crippen molar-refractivity contribution < 1.29 is 28.6 Å². The van der Waals surface area contributed by atoms with E-state index in [4.69, 9.17) is 14.2 Å². The summed E-state index contributed by atoms with van der Waals surface area (Å²) in [4.78, 5) is 38.2. The molecule has 6 heteroatoms. The lowest BCUT2D eigenvalue weighted by Crippen LogP contribution is -2.30. The molecule has 0 heterocycles. The summed E-state index contributed by atoms with van der Waals surface area (Å²) in [6.45, 7) is 6.49. The number of hydrogen-bond donors (Lipinski definition) is 0. The van der Waals surface area contributed by atoms with Gasteiger partial charge in [0.05, 0.1) is 0 Å². The second kappa shape index (κ2) is 61.1. The normalized spacial score (nSPS) is 12.6. The van der Waals surface area contributed by atoms with Crippen molar-refractivity contribution in [2.75, 3.05) is 13.2 Å². The molecule has 0 aliphatic rings. The predicted molar refractivity (Wildman–Crippen MR) is 316 cm³/mol. The lowest BCUT2D eigenvalue weighted by atomic mass is 10.0. The third-order valence-electron chi connectivity index (χ3n) is 13.4. The smallest absolute Gasteiger partial charge is 0.306 e. The molecule has 0 N–H and O–H groups in total. The van der Waals surface area contributed by atoms with Crippen molar-refractivity contribution in [3.05, 3.63) is 85.1 Å². The summed E-state index contributed by atoms with van der Waals surface area (Å²) >= 11 is 0. The van der Waals surface area contributed by atoms with E-state index in [9.17, 15) is 14.4 Å². The van der Waals surface area contributed by atoms with Crippen LogP contribution in [0.3, 0.4) is 0 Å². The fourth-order valence-corrected chi connectivity index (χ4v) is 8.68. The molecule has 0 fully saturated rings. The number of carbonyl (C=O) groups is 3. The van der Waals surface area contributed by atoms with Gasteiger partial charge in [0.25, 0.3) is 0 Å². The highest BCUT2D eigenvalue weighted by atomic mass is 16.6. The lowest BCUT2D eigenvalue weighted by Gasteiger charge is -2.18. The van der Waals surface area contributed by atoms with Crippen LogP contribution >= 0.6 is 0 Å². The van der Waals surface area contributed by atoms with Crippen LogP contribution in [-0.4, -0.2) is 37.2 Å². The van der Waals surface area contributed by atoms with E-state index in [1.54, 1.807) is 0 Å². The van der Waals surface area contributed by atoms with Gasteiger partial charge in [0.15, 0.2) is 6.10 Å². The van der Waals surface area contributed by atoms with E-state index in [1.165, 1.54) is 161 Å². The first-order valence-corrected chi connectivity index (χ1v) is 31.1. The Hall–Kier alpha value is -3.41. The van der Waals surface area contributed by atoms with Crippen LogP contribution in [0.4, 0.5) is 0 Å². The molecule has 0 aromatic heterocycles. The van der Waals surface area contributed by atoms with Crippen molar-refractivity contribution in [2.24, 2.45) is 0 Å². The molecular weight excluding hydrogens is 901 g/mol. The Balaban J connectivity index is 4.30. The van der Waals surface area contributed by atoms with Crippen molar-refractivity contribution in [3.63, 3.8) is 0 Å². The molecule has 0 aliphatic heterocycles. The third kappa shape index (κ3) is 59.3. The maximum absolute atomic E-state index is 12.9. The number of hydrogen-bond acceptors (Lipinski definition) is 6. The van der Waals surface area contributed by atoms with Crippen LogP contribution in [0.1, 0.15) is 303 Å². The van der Waals surface area contributed by atoms with Crippen LogP contribution in [0.25, 0.3) is 0 Å². The van der Waals surface area contributed by atoms with Gasteiger partial charge >= 0.3 is 17.9 Å². The van der Waals surface area contributed by atoms with Gasteiger partial charge in [0, 0.05) is 19.3 Å². The molecule has 0 radical (unpaired) electrons. The minimum absolute atomic E-state index is 0.0827. The largest absolute Gasteiger partial charge is 0.462 e. The standard InChI is InChI=1S/C67H116O6/c1-4-7-10-13-16-19-22-24-26-28-30-32-33-35-36-38-40-42-45-48-51-54-57-60-66(69)72-63-64(62-71-65(68)59-56-53-50-47-44-21-18-15-12-9-6-3)73-67(70)61-58-55-52-49-46-43-41-39-37-34-31-29-27-25-23-20-17-14-11-8-5-2/h8,11,15,17-18,20,22,24-25,27-28,30-31,34,64H,4-7,9-10,12-14,16,19,21,23,26,29,32-33,35-63H2,1-3H3/b11-8-,18-15-,20-17-,24-22-,27-25-,30-28-,34-31-. The molecule has 73 heavy (non-hydrogen) atoms. The Kier molecular flexibility index (Phi) is 58.3. The van der Waals surface area contributed by atoms with E-state index >= 15 is 0 Å². The van der Waals surface area contributed by atoms with E-state index in [0.29, 0.717) is 19.3 Å². The van der Waals surface area contributed by atoms with Crippen LogP contribution in [0.5, 0.6) is 0 Å². The molecule has 0 bridgehead atoms. The Morgan fingerprint density at radius 1 is 0.288 bits per heavy atom. The molecule has 6 nitrogen and oxygen atoms in total. The number of ether oxygens (including phenoxy) is 3. The summed E-state index contributed by atoms with van der Waals surface area (Å²) < 4.78 is 16.9. The topological polar surface area (TPSA) is 78.9 Å². The maximum atomic E-state index is 12.9. The Labute approximate surface area is 452 Å². The average Bonchev–Trinajstić information content (AvgIpc) is 3.39. The number of unbranched alkanes of at least 4 members (excludes halogenated alkanes) is 31. The minimum Gasteiger partial charge on any atom is -0.462 e. The molecule has 0 amide bonds. The van der Waals surface area contributed by atoms with Gasteiger partial charge in [0.2, 0.25) is 0 Å². The van der Waals surface area contributed by atoms with Crippen LogP contribution < -0.4 is 0 Å². The van der Waals surface area contributed by atoms with Gasteiger partial charge < -0.3 is 14.2 Å².